The molecule has 1 saturated heterocycles. The summed E-state index contributed by atoms with van der Waals surface area (Å²) < 4.78 is 16.1. The minimum Gasteiger partial charge on any atom is -0.369 e. The minimum atomic E-state index is -0.483. The van der Waals surface area contributed by atoms with E-state index in [2.05, 4.69) is 49.4 Å². The highest BCUT2D eigenvalue weighted by Crippen LogP contribution is 2.29. The molecule has 1 aliphatic rings. The molecule has 3 heterocycles. The molecule has 0 spiro atoms. The number of piperazine rings is 1. The van der Waals surface area contributed by atoms with Gasteiger partial charge in [0, 0.05) is 49.3 Å². The van der Waals surface area contributed by atoms with Gasteiger partial charge in [0.05, 0.1) is 16.1 Å². The molecule has 3 aromatic carbocycles. The highest BCUT2D eigenvalue weighted by Gasteiger charge is 2.20. The average Bonchev–Trinajstić information content (AvgIpc) is 2.95. The summed E-state index contributed by atoms with van der Waals surface area (Å²) in [5, 5.41) is 8.26. The topological polar surface area (TPSA) is 79.2 Å². The molecule has 196 valence electrons. The second-order valence-corrected chi connectivity index (χ2v) is 9.82. The Labute approximate surface area is 229 Å². The number of nitrogens with zero attached hydrogens (tertiary/aromatic N) is 6. The summed E-state index contributed by atoms with van der Waals surface area (Å²) in [6.07, 6.45) is 1.44. The fraction of sp³-hybridized carbons (Fsp3) is 0.172. The number of anilines is 3. The Bertz CT molecular complexity index is 1720. The molecular weight excluding hydrogens is 517 g/mol. The van der Waals surface area contributed by atoms with E-state index in [9.17, 15) is 9.18 Å². The van der Waals surface area contributed by atoms with Crippen molar-refractivity contribution < 1.29 is 4.39 Å². The standard InChI is InChI=1S/C29H25ClFN7O/c1-36-14-16-37(17-15-36)20-12-10-19(11-13-20)33-29-32-18-22-26(34-29)27(21-6-2-4-8-24(21)31)35-38(28(22)39)25-9-5-3-7-23(25)30/h2-13,18H,14-17H2,1H3,(H,32,33,34). The van der Waals surface area contributed by atoms with Gasteiger partial charge in [-0.3, -0.25) is 4.79 Å². The van der Waals surface area contributed by atoms with Crippen LogP contribution in [0.15, 0.2) is 83.8 Å². The van der Waals surface area contributed by atoms with Crippen molar-refractivity contribution in [2.45, 2.75) is 0 Å². The molecule has 39 heavy (non-hydrogen) atoms. The van der Waals surface area contributed by atoms with Crippen molar-refractivity contribution >= 4 is 39.8 Å². The lowest BCUT2D eigenvalue weighted by Gasteiger charge is -2.34. The van der Waals surface area contributed by atoms with Crippen molar-refractivity contribution in [2.75, 3.05) is 43.4 Å². The van der Waals surface area contributed by atoms with Crippen molar-refractivity contribution in [1.29, 1.82) is 0 Å². The Balaban J connectivity index is 1.40. The van der Waals surface area contributed by atoms with Crippen LogP contribution in [-0.4, -0.2) is 57.9 Å². The van der Waals surface area contributed by atoms with E-state index >= 15 is 0 Å². The van der Waals surface area contributed by atoms with E-state index in [1.807, 2.05) is 12.1 Å². The summed E-state index contributed by atoms with van der Waals surface area (Å²) in [4.78, 5) is 27.1. The van der Waals surface area contributed by atoms with Crippen LogP contribution >= 0.6 is 11.6 Å². The highest BCUT2D eigenvalue weighted by molar-refractivity contribution is 6.32. The zero-order chi connectivity index (χ0) is 26.9. The molecule has 8 nitrogen and oxygen atoms in total. The third-order valence-electron chi connectivity index (χ3n) is 6.84. The monoisotopic (exact) mass is 541 g/mol. The molecule has 1 aliphatic heterocycles. The van der Waals surface area contributed by atoms with Crippen LogP contribution in [0.5, 0.6) is 0 Å². The van der Waals surface area contributed by atoms with Crippen molar-refractivity contribution in [3.63, 3.8) is 0 Å². The van der Waals surface area contributed by atoms with Gasteiger partial charge in [-0.1, -0.05) is 35.9 Å². The number of halogens is 2. The molecule has 6 rings (SSSR count). The van der Waals surface area contributed by atoms with Crippen LogP contribution in [0.3, 0.4) is 0 Å². The number of nitrogens with one attached hydrogen (secondary N) is 1. The van der Waals surface area contributed by atoms with Crippen LogP contribution in [0.25, 0.3) is 27.8 Å². The van der Waals surface area contributed by atoms with Crippen LogP contribution in [0.1, 0.15) is 0 Å². The Morgan fingerprint density at radius 3 is 2.38 bits per heavy atom. The van der Waals surface area contributed by atoms with Crippen molar-refractivity contribution in [3.05, 3.63) is 100 Å². The van der Waals surface area contributed by atoms with Gasteiger partial charge in [-0.25, -0.2) is 14.4 Å². The lowest BCUT2D eigenvalue weighted by Crippen LogP contribution is -2.44. The smallest absolute Gasteiger partial charge is 0.282 e. The molecule has 0 bridgehead atoms. The summed E-state index contributed by atoms with van der Waals surface area (Å²) in [6.45, 7) is 4.02. The number of likely N-dealkylation sites (N-methyl/N-ethyl adjacent to an activating group) is 1. The number of benzene rings is 3. The van der Waals surface area contributed by atoms with E-state index in [4.69, 9.17) is 11.6 Å². The Hall–Kier alpha value is -4.34. The average molecular weight is 542 g/mol. The van der Waals surface area contributed by atoms with Crippen LogP contribution in [0, 0.1) is 5.82 Å². The van der Waals surface area contributed by atoms with E-state index in [1.54, 1.807) is 42.5 Å². The van der Waals surface area contributed by atoms with Crippen molar-refractivity contribution in [1.82, 2.24) is 24.6 Å². The van der Waals surface area contributed by atoms with E-state index in [1.165, 1.54) is 16.9 Å². The van der Waals surface area contributed by atoms with Gasteiger partial charge in [-0.15, -0.1) is 0 Å². The predicted molar refractivity (Wildman–Crippen MR) is 153 cm³/mol. The second kappa shape index (κ2) is 10.4. The molecule has 1 N–H and O–H groups in total. The summed E-state index contributed by atoms with van der Waals surface area (Å²) in [5.74, 6) is -0.215. The lowest BCUT2D eigenvalue weighted by molar-refractivity contribution is 0.313. The molecule has 0 aliphatic carbocycles. The van der Waals surface area contributed by atoms with Gasteiger partial charge in [0.2, 0.25) is 5.95 Å². The molecule has 0 unspecified atom stereocenters. The first kappa shape index (κ1) is 25.0. The molecule has 2 aromatic heterocycles. The minimum absolute atomic E-state index is 0.194. The Morgan fingerprint density at radius 1 is 0.923 bits per heavy atom. The number of aromatic nitrogens is 4. The first-order valence-electron chi connectivity index (χ1n) is 12.6. The van der Waals surface area contributed by atoms with E-state index in [0.29, 0.717) is 10.7 Å². The molecule has 0 radical (unpaired) electrons. The summed E-state index contributed by atoms with van der Waals surface area (Å²) in [5.41, 5.74) is 2.52. The maximum absolute atomic E-state index is 15.0. The molecule has 0 amide bonds. The molecule has 0 saturated carbocycles. The van der Waals surface area contributed by atoms with Gasteiger partial charge in [-0.05, 0) is 55.6 Å². The third-order valence-corrected chi connectivity index (χ3v) is 7.16. The first-order valence-corrected chi connectivity index (χ1v) is 13.0. The highest BCUT2D eigenvalue weighted by atomic mass is 35.5. The molecule has 5 aromatic rings. The molecule has 10 heteroatoms. The summed E-state index contributed by atoms with van der Waals surface area (Å²) in [6, 6.07) is 21.1. The van der Waals surface area contributed by atoms with Gasteiger partial charge in [0.25, 0.3) is 5.56 Å². The maximum atomic E-state index is 15.0. The molecular formula is C29H25ClFN7O. The quantitative estimate of drug-likeness (QED) is 0.330. The summed E-state index contributed by atoms with van der Waals surface area (Å²) >= 11 is 6.37. The number of fused-ring (bicyclic) bond motifs is 1. The van der Waals surface area contributed by atoms with E-state index in [0.717, 1.165) is 37.6 Å². The predicted octanol–water partition coefficient (Wildman–Crippen LogP) is 5.13. The Morgan fingerprint density at radius 2 is 1.64 bits per heavy atom. The van der Waals surface area contributed by atoms with Gasteiger partial charge >= 0.3 is 0 Å². The van der Waals surface area contributed by atoms with Crippen LogP contribution < -0.4 is 15.8 Å². The van der Waals surface area contributed by atoms with E-state index < -0.39 is 11.4 Å². The van der Waals surface area contributed by atoms with Crippen molar-refractivity contribution in [2.24, 2.45) is 0 Å². The fourth-order valence-corrected chi connectivity index (χ4v) is 4.87. The Kier molecular flexibility index (Phi) is 6.68. The summed E-state index contributed by atoms with van der Waals surface area (Å²) in [7, 11) is 2.13. The maximum Gasteiger partial charge on any atom is 0.282 e. The SMILES string of the molecule is CN1CCN(c2ccc(Nc3ncc4c(=O)n(-c5ccccc5Cl)nc(-c5ccccc5F)c4n3)cc2)CC1. The van der Waals surface area contributed by atoms with Crippen LogP contribution in [0.4, 0.5) is 21.7 Å². The van der Waals surface area contributed by atoms with Crippen LogP contribution in [0.2, 0.25) is 5.02 Å². The lowest BCUT2D eigenvalue weighted by atomic mass is 10.1. The normalized spacial score (nSPS) is 14.1. The van der Waals surface area contributed by atoms with E-state index in [-0.39, 0.29) is 28.1 Å². The second-order valence-electron chi connectivity index (χ2n) is 9.41. The molecule has 0 atom stereocenters. The van der Waals surface area contributed by atoms with Gasteiger partial charge < -0.3 is 15.1 Å². The number of para-hydroxylation sites is 1. The van der Waals surface area contributed by atoms with Crippen molar-refractivity contribution in [3.8, 4) is 16.9 Å². The first-order chi connectivity index (χ1) is 19.0. The number of hydrogen-bond donors (Lipinski definition) is 1. The third kappa shape index (κ3) is 4.94. The number of hydrogen-bond acceptors (Lipinski definition) is 7. The zero-order valence-electron chi connectivity index (χ0n) is 21.2. The largest absolute Gasteiger partial charge is 0.369 e. The fourth-order valence-electron chi connectivity index (χ4n) is 4.66. The molecule has 1 fully saturated rings. The van der Waals surface area contributed by atoms with Gasteiger partial charge in [0.1, 0.15) is 17.0 Å². The van der Waals surface area contributed by atoms with Crippen LogP contribution in [-0.2, 0) is 0 Å². The number of rotatable bonds is 5. The van der Waals surface area contributed by atoms with Gasteiger partial charge in [-0.2, -0.15) is 9.78 Å². The zero-order valence-corrected chi connectivity index (χ0v) is 21.9. The van der Waals surface area contributed by atoms with Gasteiger partial charge in [0.15, 0.2) is 0 Å².